The summed E-state index contributed by atoms with van der Waals surface area (Å²) in [4.78, 5) is 38.2. The van der Waals surface area contributed by atoms with Crippen molar-refractivity contribution in [1.29, 1.82) is 0 Å². The molecule has 0 saturated carbocycles. The molecule has 0 heterocycles. The van der Waals surface area contributed by atoms with Gasteiger partial charge in [-0.15, -0.1) is 0 Å². The number of allylic oxidation sites excluding steroid dienone is 12. The van der Waals surface area contributed by atoms with Gasteiger partial charge in [0.2, 0.25) is 0 Å². The maximum atomic E-state index is 12.9. The van der Waals surface area contributed by atoms with Gasteiger partial charge in [-0.2, -0.15) is 0 Å². The molecule has 0 N–H and O–H groups in total. The molecule has 404 valence electrons. The molecule has 0 aliphatic heterocycles. The molecule has 1 atom stereocenters. The lowest BCUT2D eigenvalue weighted by Gasteiger charge is -2.18. The van der Waals surface area contributed by atoms with Gasteiger partial charge < -0.3 is 14.2 Å². The second-order valence-corrected chi connectivity index (χ2v) is 19.9. The number of hydrogen-bond acceptors (Lipinski definition) is 6. The molecule has 1 unspecified atom stereocenters. The van der Waals surface area contributed by atoms with Gasteiger partial charge in [0.05, 0.1) is 0 Å². The van der Waals surface area contributed by atoms with Crippen molar-refractivity contribution in [3.63, 3.8) is 0 Å². The van der Waals surface area contributed by atoms with Gasteiger partial charge in [-0.1, -0.05) is 261 Å². The molecule has 0 aromatic rings. The summed E-state index contributed by atoms with van der Waals surface area (Å²) in [5.41, 5.74) is 0. The van der Waals surface area contributed by atoms with Crippen LogP contribution in [0.2, 0.25) is 0 Å². The molecule has 0 aromatic heterocycles. The lowest BCUT2D eigenvalue weighted by Crippen LogP contribution is -2.30. The quantitative estimate of drug-likeness (QED) is 0.0261. The van der Waals surface area contributed by atoms with Crippen molar-refractivity contribution >= 4 is 17.9 Å². The molecule has 0 saturated heterocycles. The standard InChI is InChI=1S/C64H112O6/c1-4-7-10-13-16-19-22-24-26-28-30-31-32-33-34-36-37-39-42-45-48-51-54-57-63(66)69-60-61(59-68-62(65)56-53-50-47-44-41-21-18-15-12-9-6-3)70-64(67)58-55-52-49-46-43-40-38-35-29-27-25-23-20-17-14-11-8-5-2/h7,10,16,19-20,23-24,26-27,29-31,61H,4-6,8-9,11-15,17-18,21-22,25,28,32-60H2,1-3H3/b10-7-,19-16-,23-20-,26-24-,29-27-,31-30-. The Bertz CT molecular complexity index is 1310. The van der Waals surface area contributed by atoms with Gasteiger partial charge in [-0.05, 0) is 89.9 Å². The number of esters is 3. The summed E-state index contributed by atoms with van der Waals surface area (Å²) in [5, 5.41) is 0. The Balaban J connectivity index is 4.31. The summed E-state index contributed by atoms with van der Waals surface area (Å²) in [6, 6.07) is 0. The van der Waals surface area contributed by atoms with Gasteiger partial charge in [0.15, 0.2) is 6.10 Å². The lowest BCUT2D eigenvalue weighted by molar-refractivity contribution is -0.167. The number of hydrogen-bond donors (Lipinski definition) is 0. The summed E-state index contributed by atoms with van der Waals surface area (Å²) < 4.78 is 16.9. The number of ether oxygens (including phenoxy) is 3. The fourth-order valence-electron chi connectivity index (χ4n) is 8.47. The fourth-order valence-corrected chi connectivity index (χ4v) is 8.47. The van der Waals surface area contributed by atoms with E-state index >= 15 is 0 Å². The van der Waals surface area contributed by atoms with Crippen LogP contribution in [0.25, 0.3) is 0 Å². The van der Waals surface area contributed by atoms with E-state index in [0.717, 1.165) is 96.3 Å². The Morgan fingerprint density at radius 1 is 0.300 bits per heavy atom. The first kappa shape index (κ1) is 66.9. The molecule has 0 aliphatic rings. The molecule has 0 bridgehead atoms. The first-order chi connectivity index (χ1) is 34.5. The molecule has 0 rings (SSSR count). The maximum absolute atomic E-state index is 12.9. The van der Waals surface area contributed by atoms with Crippen molar-refractivity contribution in [3.05, 3.63) is 72.9 Å². The van der Waals surface area contributed by atoms with Crippen LogP contribution in [0.1, 0.15) is 297 Å². The van der Waals surface area contributed by atoms with E-state index in [1.165, 1.54) is 161 Å². The predicted molar refractivity (Wildman–Crippen MR) is 302 cm³/mol. The molecule has 0 radical (unpaired) electrons. The molecule has 6 nitrogen and oxygen atoms in total. The number of carbonyl (C=O) groups excluding carboxylic acids is 3. The minimum atomic E-state index is -0.780. The van der Waals surface area contributed by atoms with Gasteiger partial charge in [-0.3, -0.25) is 14.4 Å². The molecule has 0 aliphatic carbocycles. The average Bonchev–Trinajstić information content (AvgIpc) is 3.36. The Morgan fingerprint density at radius 2 is 0.557 bits per heavy atom. The SMILES string of the molecule is CC/C=C\C/C=C\C/C=C\C/C=C\CCCCCCCCCCCCC(=O)OCC(COC(=O)CCCCCCCCCCCCC)OC(=O)CCCCCCCCC/C=C\C/C=C\CCCCCC. The van der Waals surface area contributed by atoms with E-state index in [-0.39, 0.29) is 31.1 Å². The van der Waals surface area contributed by atoms with E-state index in [4.69, 9.17) is 14.2 Å². The van der Waals surface area contributed by atoms with E-state index in [9.17, 15) is 14.4 Å². The van der Waals surface area contributed by atoms with Gasteiger partial charge >= 0.3 is 17.9 Å². The van der Waals surface area contributed by atoms with Crippen LogP contribution in [0.4, 0.5) is 0 Å². The third-order valence-electron chi connectivity index (χ3n) is 12.9. The van der Waals surface area contributed by atoms with Crippen LogP contribution in [-0.4, -0.2) is 37.2 Å². The van der Waals surface area contributed by atoms with Crippen LogP contribution < -0.4 is 0 Å². The average molecular weight is 978 g/mol. The molecular weight excluding hydrogens is 865 g/mol. The Labute approximate surface area is 433 Å². The summed E-state index contributed by atoms with van der Waals surface area (Å²) >= 11 is 0. The Hall–Kier alpha value is -3.15. The van der Waals surface area contributed by atoms with Gasteiger partial charge in [0.1, 0.15) is 13.2 Å². The molecule has 6 heteroatoms. The second kappa shape index (κ2) is 58.4. The largest absolute Gasteiger partial charge is 0.462 e. The normalized spacial score (nSPS) is 12.6. The molecule has 0 fully saturated rings. The van der Waals surface area contributed by atoms with Gasteiger partial charge in [-0.25, -0.2) is 0 Å². The predicted octanol–water partition coefficient (Wildman–Crippen LogP) is 20.2. The number of unbranched alkanes of at least 4 members (excludes halogenated alkanes) is 31. The Morgan fingerprint density at radius 3 is 0.886 bits per heavy atom. The summed E-state index contributed by atoms with van der Waals surface area (Å²) in [6.45, 7) is 6.52. The third-order valence-corrected chi connectivity index (χ3v) is 12.9. The third kappa shape index (κ3) is 55.8. The minimum absolute atomic E-state index is 0.0772. The molecule has 0 spiro atoms. The summed E-state index contributed by atoms with van der Waals surface area (Å²) in [5.74, 6) is -0.879. The summed E-state index contributed by atoms with van der Waals surface area (Å²) in [6.07, 6.45) is 74.6. The number of rotatable bonds is 54. The van der Waals surface area contributed by atoms with Crippen molar-refractivity contribution in [1.82, 2.24) is 0 Å². The van der Waals surface area contributed by atoms with Crippen molar-refractivity contribution in [3.8, 4) is 0 Å². The van der Waals surface area contributed by atoms with Crippen molar-refractivity contribution in [2.24, 2.45) is 0 Å². The van der Waals surface area contributed by atoms with Crippen LogP contribution >= 0.6 is 0 Å². The highest BCUT2D eigenvalue weighted by atomic mass is 16.6. The zero-order valence-corrected chi connectivity index (χ0v) is 46.3. The van der Waals surface area contributed by atoms with Crippen molar-refractivity contribution < 1.29 is 28.6 Å². The van der Waals surface area contributed by atoms with E-state index in [0.29, 0.717) is 19.3 Å². The smallest absolute Gasteiger partial charge is 0.306 e. The van der Waals surface area contributed by atoms with Crippen molar-refractivity contribution in [2.75, 3.05) is 13.2 Å². The molecule has 0 aromatic carbocycles. The number of carbonyl (C=O) groups is 3. The molecule has 0 amide bonds. The zero-order chi connectivity index (χ0) is 50.7. The highest BCUT2D eigenvalue weighted by molar-refractivity contribution is 5.71. The van der Waals surface area contributed by atoms with Gasteiger partial charge in [0.25, 0.3) is 0 Å². The van der Waals surface area contributed by atoms with Crippen LogP contribution in [0.15, 0.2) is 72.9 Å². The summed E-state index contributed by atoms with van der Waals surface area (Å²) in [7, 11) is 0. The lowest BCUT2D eigenvalue weighted by atomic mass is 10.1. The van der Waals surface area contributed by atoms with E-state index in [1.807, 2.05) is 0 Å². The Kier molecular flexibility index (Phi) is 55.8. The monoisotopic (exact) mass is 977 g/mol. The first-order valence-electron chi connectivity index (χ1n) is 29.9. The van der Waals surface area contributed by atoms with E-state index in [1.54, 1.807) is 0 Å². The molecule has 70 heavy (non-hydrogen) atoms. The van der Waals surface area contributed by atoms with Crippen molar-refractivity contribution in [2.45, 2.75) is 303 Å². The fraction of sp³-hybridized carbons (Fsp3) is 0.766. The van der Waals surface area contributed by atoms with Crippen LogP contribution in [0.5, 0.6) is 0 Å². The van der Waals surface area contributed by atoms with Crippen LogP contribution in [-0.2, 0) is 28.6 Å². The topological polar surface area (TPSA) is 78.9 Å². The highest BCUT2D eigenvalue weighted by Gasteiger charge is 2.19. The second-order valence-electron chi connectivity index (χ2n) is 19.9. The molecular formula is C64H112O6. The van der Waals surface area contributed by atoms with Crippen LogP contribution in [0.3, 0.4) is 0 Å². The van der Waals surface area contributed by atoms with Gasteiger partial charge in [0, 0.05) is 19.3 Å². The van der Waals surface area contributed by atoms with Crippen LogP contribution in [0, 0.1) is 0 Å². The van der Waals surface area contributed by atoms with E-state index < -0.39 is 6.10 Å². The first-order valence-corrected chi connectivity index (χ1v) is 29.9. The maximum Gasteiger partial charge on any atom is 0.306 e. The minimum Gasteiger partial charge on any atom is -0.462 e. The highest BCUT2D eigenvalue weighted by Crippen LogP contribution is 2.16. The zero-order valence-electron chi connectivity index (χ0n) is 46.3. The van der Waals surface area contributed by atoms with E-state index in [2.05, 4.69) is 93.7 Å².